The van der Waals surface area contributed by atoms with Gasteiger partial charge in [-0.15, -0.1) is 0 Å². The molecule has 0 amide bonds. The van der Waals surface area contributed by atoms with Crippen molar-refractivity contribution in [3.8, 4) is 0 Å². The van der Waals surface area contributed by atoms with E-state index in [0.717, 1.165) is 43.7 Å². The molecule has 1 aliphatic rings. The predicted molar refractivity (Wildman–Crippen MR) is 129 cm³/mol. The summed E-state index contributed by atoms with van der Waals surface area (Å²) in [6.07, 6.45) is 3.39. The van der Waals surface area contributed by atoms with Crippen molar-refractivity contribution < 1.29 is 9.53 Å². The number of nitrogens with zero attached hydrogens (tertiary/aromatic N) is 3. The Kier molecular flexibility index (Phi) is 7.66. The van der Waals surface area contributed by atoms with Crippen molar-refractivity contribution in [3.63, 3.8) is 0 Å². The summed E-state index contributed by atoms with van der Waals surface area (Å²) in [5, 5.41) is 1.05. The number of methoxy groups -OCH3 is 1. The van der Waals surface area contributed by atoms with Gasteiger partial charge in [0.15, 0.2) is 5.16 Å². The van der Waals surface area contributed by atoms with E-state index in [0.29, 0.717) is 27.5 Å². The number of hydrogen-bond acceptors (Lipinski definition) is 6. The lowest BCUT2D eigenvalue weighted by Crippen LogP contribution is -2.35. The van der Waals surface area contributed by atoms with Gasteiger partial charge in [0.05, 0.1) is 12.7 Å². The Morgan fingerprint density at radius 2 is 1.81 bits per heavy atom. The zero-order chi connectivity index (χ0) is 22.3. The van der Waals surface area contributed by atoms with E-state index in [1.54, 1.807) is 6.07 Å². The van der Waals surface area contributed by atoms with Gasteiger partial charge in [-0.1, -0.05) is 71.9 Å². The normalized spacial score (nSPS) is 14.4. The fourth-order valence-corrected chi connectivity index (χ4v) is 5.11. The van der Waals surface area contributed by atoms with Crippen LogP contribution in [0, 0.1) is 5.92 Å². The topological polar surface area (TPSA) is 55.3 Å². The third-order valence-electron chi connectivity index (χ3n) is 5.75. The molecule has 0 saturated carbocycles. The number of thioether (sulfide) groups is 1. The first-order valence-electron chi connectivity index (χ1n) is 10.7. The van der Waals surface area contributed by atoms with Gasteiger partial charge in [0.2, 0.25) is 0 Å². The Hall–Kier alpha value is -2.57. The van der Waals surface area contributed by atoms with Crippen molar-refractivity contribution in [1.82, 2.24) is 9.97 Å². The Morgan fingerprint density at radius 1 is 1.09 bits per heavy atom. The number of halogens is 1. The molecule has 0 N–H and O–H groups in total. The molecule has 1 fully saturated rings. The minimum absolute atomic E-state index is 0.340. The predicted octanol–water partition coefficient (Wildman–Crippen LogP) is 5.67. The number of ether oxygens (including phenoxy) is 1. The highest BCUT2D eigenvalue weighted by atomic mass is 35.5. The number of anilines is 1. The molecular weight excluding hydrogens is 442 g/mol. The lowest BCUT2D eigenvalue weighted by atomic mass is 9.90. The zero-order valence-electron chi connectivity index (χ0n) is 18.0. The Morgan fingerprint density at radius 3 is 2.56 bits per heavy atom. The molecule has 0 spiro atoms. The third-order valence-corrected chi connectivity index (χ3v) is 6.84. The van der Waals surface area contributed by atoms with Gasteiger partial charge in [-0.05, 0) is 42.4 Å². The van der Waals surface area contributed by atoms with Gasteiger partial charge in [-0.2, -0.15) is 0 Å². The van der Waals surface area contributed by atoms with Crippen molar-refractivity contribution in [2.75, 3.05) is 25.1 Å². The molecule has 0 unspecified atom stereocenters. The Labute approximate surface area is 198 Å². The van der Waals surface area contributed by atoms with Crippen LogP contribution in [0.2, 0.25) is 5.15 Å². The molecule has 2 heterocycles. The van der Waals surface area contributed by atoms with Gasteiger partial charge >= 0.3 is 5.97 Å². The maximum Gasteiger partial charge on any atom is 0.338 e. The number of hydrogen-bond donors (Lipinski definition) is 0. The standard InChI is InChI=1S/C25H26ClN3O2S/c1-31-24(30)21-10-6-5-9-20(21)17-32-25-27-22(26)16-23(28-25)29-13-11-19(12-14-29)15-18-7-3-2-4-8-18/h2-10,16,19H,11-15,17H2,1H3. The molecule has 0 radical (unpaired) electrons. The maximum absolute atomic E-state index is 12.0. The molecule has 7 heteroatoms. The summed E-state index contributed by atoms with van der Waals surface area (Å²) in [5.74, 6) is 1.78. The fraction of sp³-hybridized carbons (Fsp3) is 0.320. The summed E-state index contributed by atoms with van der Waals surface area (Å²) >= 11 is 7.80. The van der Waals surface area contributed by atoms with E-state index in [2.05, 4.69) is 40.2 Å². The molecule has 1 aliphatic heterocycles. The summed E-state index contributed by atoms with van der Waals surface area (Å²) in [5.41, 5.74) is 2.85. The van der Waals surface area contributed by atoms with Gasteiger partial charge in [0.1, 0.15) is 11.0 Å². The molecule has 0 atom stereocenters. The molecule has 166 valence electrons. The van der Waals surface area contributed by atoms with Gasteiger partial charge in [-0.25, -0.2) is 14.8 Å². The van der Waals surface area contributed by atoms with E-state index in [4.69, 9.17) is 21.3 Å². The number of rotatable bonds is 7. The van der Waals surface area contributed by atoms with Crippen LogP contribution in [0.1, 0.15) is 34.3 Å². The van der Waals surface area contributed by atoms with Gasteiger partial charge < -0.3 is 9.64 Å². The van der Waals surface area contributed by atoms with E-state index in [1.807, 2.05) is 24.3 Å². The van der Waals surface area contributed by atoms with Gasteiger partial charge in [0.25, 0.3) is 0 Å². The summed E-state index contributed by atoms with van der Waals surface area (Å²) in [7, 11) is 1.39. The molecule has 0 bridgehead atoms. The fourth-order valence-electron chi connectivity index (χ4n) is 4.02. The average molecular weight is 468 g/mol. The average Bonchev–Trinajstić information content (AvgIpc) is 2.83. The monoisotopic (exact) mass is 467 g/mol. The Balaban J connectivity index is 1.39. The lowest BCUT2D eigenvalue weighted by Gasteiger charge is -2.33. The number of carbonyl (C=O) groups is 1. The number of benzene rings is 2. The van der Waals surface area contributed by atoms with Crippen LogP contribution in [0.15, 0.2) is 65.8 Å². The zero-order valence-corrected chi connectivity index (χ0v) is 19.6. The molecule has 2 aromatic carbocycles. The van der Waals surface area contributed by atoms with Crippen LogP contribution in [-0.4, -0.2) is 36.1 Å². The number of piperidine rings is 1. The first kappa shape index (κ1) is 22.6. The minimum atomic E-state index is -0.340. The quantitative estimate of drug-likeness (QED) is 0.193. The second kappa shape index (κ2) is 10.8. The first-order valence-corrected chi connectivity index (χ1v) is 12.1. The van der Waals surface area contributed by atoms with E-state index in [1.165, 1.54) is 24.4 Å². The van der Waals surface area contributed by atoms with Crippen LogP contribution >= 0.6 is 23.4 Å². The smallest absolute Gasteiger partial charge is 0.338 e. The largest absolute Gasteiger partial charge is 0.465 e. The van der Waals surface area contributed by atoms with Crippen LogP contribution < -0.4 is 4.90 Å². The Bertz CT molecular complexity index is 1060. The summed E-state index contributed by atoms with van der Waals surface area (Å²) in [4.78, 5) is 23.4. The molecule has 3 aromatic rings. The molecule has 1 aromatic heterocycles. The van der Waals surface area contributed by atoms with E-state index in [-0.39, 0.29) is 5.97 Å². The summed E-state index contributed by atoms with van der Waals surface area (Å²) < 4.78 is 4.89. The van der Waals surface area contributed by atoms with Crippen LogP contribution in [-0.2, 0) is 16.9 Å². The molecule has 5 nitrogen and oxygen atoms in total. The molecule has 4 rings (SSSR count). The molecular formula is C25H26ClN3O2S. The van der Waals surface area contributed by atoms with Crippen molar-refractivity contribution >= 4 is 35.1 Å². The van der Waals surface area contributed by atoms with E-state index in [9.17, 15) is 4.79 Å². The summed E-state index contributed by atoms with van der Waals surface area (Å²) in [6, 6.07) is 20.0. The van der Waals surface area contributed by atoms with Crippen molar-refractivity contribution in [1.29, 1.82) is 0 Å². The minimum Gasteiger partial charge on any atom is -0.465 e. The van der Waals surface area contributed by atoms with Crippen LogP contribution in [0.25, 0.3) is 0 Å². The number of aromatic nitrogens is 2. The van der Waals surface area contributed by atoms with Crippen LogP contribution in [0.5, 0.6) is 0 Å². The first-order chi connectivity index (χ1) is 15.6. The van der Waals surface area contributed by atoms with E-state index >= 15 is 0 Å². The molecule has 32 heavy (non-hydrogen) atoms. The second-order valence-corrected chi connectivity index (χ2v) is 9.22. The van der Waals surface area contributed by atoms with Crippen molar-refractivity contribution in [3.05, 3.63) is 82.5 Å². The number of carbonyl (C=O) groups excluding carboxylic acids is 1. The maximum atomic E-state index is 12.0. The third kappa shape index (κ3) is 5.81. The van der Waals surface area contributed by atoms with Crippen LogP contribution in [0.3, 0.4) is 0 Å². The number of esters is 1. The highest BCUT2D eigenvalue weighted by molar-refractivity contribution is 7.98. The van der Waals surface area contributed by atoms with Crippen LogP contribution in [0.4, 0.5) is 5.82 Å². The van der Waals surface area contributed by atoms with E-state index < -0.39 is 0 Å². The molecule has 0 aliphatic carbocycles. The van der Waals surface area contributed by atoms with Gasteiger partial charge in [-0.3, -0.25) is 0 Å². The highest BCUT2D eigenvalue weighted by Gasteiger charge is 2.21. The molecule has 1 saturated heterocycles. The van der Waals surface area contributed by atoms with Gasteiger partial charge in [0, 0.05) is 24.9 Å². The van der Waals surface area contributed by atoms with Crippen molar-refractivity contribution in [2.24, 2.45) is 5.92 Å². The van der Waals surface area contributed by atoms with Crippen molar-refractivity contribution in [2.45, 2.75) is 30.2 Å². The highest BCUT2D eigenvalue weighted by Crippen LogP contribution is 2.29. The second-order valence-electron chi connectivity index (χ2n) is 7.89. The SMILES string of the molecule is COC(=O)c1ccccc1CSc1nc(Cl)cc(N2CCC(Cc3ccccc3)CC2)n1. The lowest BCUT2D eigenvalue weighted by molar-refractivity contribution is 0.0600. The summed E-state index contributed by atoms with van der Waals surface area (Å²) in [6.45, 7) is 1.92.